The fourth-order valence-electron chi connectivity index (χ4n) is 2.64. The van der Waals surface area contributed by atoms with Gasteiger partial charge < -0.3 is 4.98 Å². The number of nitrogens with one attached hydrogen (secondary N) is 1. The highest BCUT2D eigenvalue weighted by molar-refractivity contribution is 5.74. The van der Waals surface area contributed by atoms with Crippen molar-refractivity contribution in [3.05, 3.63) is 78.2 Å². The van der Waals surface area contributed by atoms with Gasteiger partial charge in [0.1, 0.15) is 5.65 Å². The second-order valence-electron chi connectivity index (χ2n) is 5.75. The van der Waals surface area contributed by atoms with Gasteiger partial charge in [0, 0.05) is 26.1 Å². The molecule has 0 aliphatic heterocycles. The van der Waals surface area contributed by atoms with E-state index < -0.39 is 11.2 Å². The van der Waals surface area contributed by atoms with Gasteiger partial charge in [0.15, 0.2) is 0 Å². The largest absolute Gasteiger partial charge is 0.332 e. The Hall–Kier alpha value is -2.89. The van der Waals surface area contributed by atoms with Gasteiger partial charge in [0.25, 0.3) is 11.1 Å². The van der Waals surface area contributed by atoms with Gasteiger partial charge in [-0.2, -0.15) is 0 Å². The van der Waals surface area contributed by atoms with Crippen LogP contribution in [0.5, 0.6) is 0 Å². The van der Waals surface area contributed by atoms with Gasteiger partial charge in [0.2, 0.25) is 0 Å². The Morgan fingerprint density at radius 3 is 2.30 bits per heavy atom. The molecule has 3 aromatic rings. The van der Waals surface area contributed by atoms with E-state index in [1.54, 1.807) is 6.07 Å². The molecule has 0 fully saturated rings. The number of aromatic nitrogens is 3. The van der Waals surface area contributed by atoms with E-state index >= 15 is 0 Å². The van der Waals surface area contributed by atoms with Crippen molar-refractivity contribution in [2.45, 2.75) is 13.3 Å². The predicted molar refractivity (Wildman–Crippen MR) is 89.0 cm³/mol. The Labute approximate surface area is 131 Å². The monoisotopic (exact) mass is 311 g/mol. The second-order valence-corrected chi connectivity index (χ2v) is 5.75. The Bertz CT molecular complexity index is 1070. The quantitative estimate of drug-likeness (QED) is 0.761. The first-order valence-electron chi connectivity index (χ1n) is 7.26. The number of pyridine rings is 1. The van der Waals surface area contributed by atoms with Crippen LogP contribution in [-0.4, -0.2) is 14.1 Å². The molecule has 0 bridgehead atoms. The van der Waals surface area contributed by atoms with Gasteiger partial charge in [-0.1, -0.05) is 29.8 Å². The molecule has 0 spiro atoms. The Kier molecular flexibility index (Phi) is 3.52. The maximum Gasteiger partial charge on any atom is 0.332 e. The number of benzene rings is 1. The number of H-pyrrole nitrogens is 1. The summed E-state index contributed by atoms with van der Waals surface area (Å²) < 4.78 is 2.31. The molecule has 1 aromatic carbocycles. The number of hydrogen-bond acceptors (Lipinski definition) is 3. The lowest BCUT2D eigenvalue weighted by Crippen LogP contribution is -2.38. The van der Waals surface area contributed by atoms with Crippen molar-refractivity contribution in [2.75, 3.05) is 0 Å². The molecule has 6 nitrogen and oxygen atoms in total. The smallest absolute Gasteiger partial charge is 0.307 e. The van der Waals surface area contributed by atoms with Crippen LogP contribution in [0.1, 0.15) is 16.7 Å². The molecule has 0 aliphatic rings. The number of fused-ring (bicyclic) bond motifs is 1. The topological polar surface area (TPSA) is 76.9 Å². The molecule has 0 aliphatic carbocycles. The molecule has 0 saturated heterocycles. The summed E-state index contributed by atoms with van der Waals surface area (Å²) in [5, 5.41) is 0.330. The zero-order chi connectivity index (χ0) is 16.7. The Morgan fingerprint density at radius 1 is 1.00 bits per heavy atom. The minimum absolute atomic E-state index is 0.246. The highest BCUT2D eigenvalue weighted by atomic mass is 16.2. The van der Waals surface area contributed by atoms with E-state index in [0.29, 0.717) is 17.4 Å². The molecule has 118 valence electrons. The predicted octanol–water partition coefficient (Wildman–Crippen LogP) is 0.825. The maximum atomic E-state index is 12.3. The van der Waals surface area contributed by atoms with Crippen molar-refractivity contribution >= 4 is 11.0 Å². The summed E-state index contributed by atoms with van der Waals surface area (Å²) in [7, 11) is 2.95. The molecule has 0 saturated carbocycles. The van der Waals surface area contributed by atoms with Gasteiger partial charge in [-0.3, -0.25) is 18.7 Å². The van der Waals surface area contributed by atoms with E-state index in [1.165, 1.54) is 18.7 Å². The van der Waals surface area contributed by atoms with Gasteiger partial charge in [-0.25, -0.2) is 4.79 Å². The summed E-state index contributed by atoms with van der Waals surface area (Å²) in [5.74, 6) is 0. The molecule has 0 atom stereocenters. The molecule has 23 heavy (non-hydrogen) atoms. The third-order valence-electron chi connectivity index (χ3n) is 4.06. The van der Waals surface area contributed by atoms with Gasteiger partial charge >= 0.3 is 5.69 Å². The molecule has 0 unspecified atom stereocenters. The van der Waals surface area contributed by atoms with Crippen molar-refractivity contribution in [3.8, 4) is 0 Å². The molecule has 0 amide bonds. The number of hydrogen-bond donors (Lipinski definition) is 1. The van der Waals surface area contributed by atoms with Crippen molar-refractivity contribution in [2.24, 2.45) is 14.1 Å². The van der Waals surface area contributed by atoms with Gasteiger partial charge in [-0.05, 0) is 18.6 Å². The minimum Gasteiger partial charge on any atom is -0.307 e. The normalized spacial score (nSPS) is 11.1. The lowest BCUT2D eigenvalue weighted by molar-refractivity contribution is 0.706. The van der Waals surface area contributed by atoms with Crippen LogP contribution < -0.4 is 16.8 Å². The average molecular weight is 311 g/mol. The van der Waals surface area contributed by atoms with Crippen LogP contribution in [0.25, 0.3) is 11.0 Å². The van der Waals surface area contributed by atoms with Gasteiger partial charge in [-0.15, -0.1) is 0 Å². The summed E-state index contributed by atoms with van der Waals surface area (Å²) in [6.07, 6.45) is 0.428. The first-order chi connectivity index (χ1) is 10.9. The summed E-state index contributed by atoms with van der Waals surface area (Å²) in [4.78, 5) is 39.2. The van der Waals surface area contributed by atoms with E-state index in [2.05, 4.69) is 4.98 Å². The SMILES string of the molecule is Cc1ccc(Cc2cc3c(=O)n(C)c(=O)n(C)c3[nH]c2=O)cc1. The van der Waals surface area contributed by atoms with Crippen LogP contribution in [0.3, 0.4) is 0 Å². The van der Waals surface area contributed by atoms with Crippen LogP contribution >= 0.6 is 0 Å². The summed E-state index contributed by atoms with van der Waals surface area (Å²) in [5.41, 5.74) is 1.70. The Balaban J connectivity index is 2.22. The van der Waals surface area contributed by atoms with Crippen LogP contribution in [-0.2, 0) is 20.5 Å². The first-order valence-corrected chi connectivity index (χ1v) is 7.26. The van der Waals surface area contributed by atoms with Crippen molar-refractivity contribution in [1.29, 1.82) is 0 Å². The van der Waals surface area contributed by atoms with E-state index in [4.69, 9.17) is 0 Å². The van der Waals surface area contributed by atoms with Crippen LogP contribution in [0.4, 0.5) is 0 Å². The molecular formula is C17H17N3O3. The second kappa shape index (κ2) is 5.39. The fourth-order valence-corrected chi connectivity index (χ4v) is 2.64. The lowest BCUT2D eigenvalue weighted by atomic mass is 10.0. The third-order valence-corrected chi connectivity index (χ3v) is 4.06. The maximum absolute atomic E-state index is 12.3. The average Bonchev–Trinajstić information content (AvgIpc) is 2.54. The Morgan fingerprint density at radius 2 is 1.65 bits per heavy atom. The zero-order valence-electron chi connectivity index (χ0n) is 13.2. The van der Waals surface area contributed by atoms with E-state index in [1.807, 2.05) is 31.2 Å². The molecule has 2 heterocycles. The van der Waals surface area contributed by atoms with Crippen LogP contribution in [0.15, 0.2) is 44.7 Å². The lowest BCUT2D eigenvalue weighted by Gasteiger charge is -2.09. The summed E-state index contributed by atoms with van der Waals surface area (Å²) >= 11 is 0. The van der Waals surface area contributed by atoms with E-state index in [9.17, 15) is 14.4 Å². The summed E-state index contributed by atoms with van der Waals surface area (Å²) in [6.45, 7) is 2.00. The number of aromatic amines is 1. The van der Waals surface area contributed by atoms with Gasteiger partial charge in [0.05, 0.1) is 5.39 Å². The molecule has 2 aromatic heterocycles. The van der Waals surface area contributed by atoms with E-state index in [-0.39, 0.29) is 11.2 Å². The standard InChI is InChI=1S/C17H17N3O3/c1-10-4-6-11(7-5-10)8-12-9-13-14(18-15(12)21)19(2)17(23)20(3)16(13)22/h4-7,9H,8H2,1-3H3,(H,18,21). The molecule has 6 heteroatoms. The third kappa shape index (κ3) is 2.52. The molecular weight excluding hydrogens is 294 g/mol. The summed E-state index contributed by atoms with van der Waals surface area (Å²) in [6, 6.07) is 9.45. The number of aryl methyl sites for hydroxylation is 2. The highest BCUT2D eigenvalue weighted by Gasteiger charge is 2.12. The number of nitrogens with zero attached hydrogens (tertiary/aromatic N) is 2. The first kappa shape index (κ1) is 15.0. The van der Waals surface area contributed by atoms with Crippen molar-refractivity contribution in [3.63, 3.8) is 0 Å². The fraction of sp³-hybridized carbons (Fsp3) is 0.235. The van der Waals surface area contributed by atoms with E-state index in [0.717, 1.165) is 15.7 Å². The zero-order valence-corrected chi connectivity index (χ0v) is 13.2. The number of rotatable bonds is 2. The molecule has 3 rings (SSSR count). The minimum atomic E-state index is -0.468. The molecule has 0 radical (unpaired) electrons. The van der Waals surface area contributed by atoms with Crippen LogP contribution in [0.2, 0.25) is 0 Å². The van der Waals surface area contributed by atoms with Crippen LogP contribution in [0, 0.1) is 6.92 Å². The molecule has 1 N–H and O–H groups in total. The van der Waals surface area contributed by atoms with Crippen molar-refractivity contribution < 1.29 is 0 Å². The highest BCUT2D eigenvalue weighted by Crippen LogP contribution is 2.10. The van der Waals surface area contributed by atoms with Crippen molar-refractivity contribution in [1.82, 2.24) is 14.1 Å².